The number of anilines is 1. The van der Waals surface area contributed by atoms with Crippen molar-refractivity contribution in [3.8, 4) is 11.4 Å². The molecule has 1 aromatic heterocycles. The fourth-order valence-electron chi connectivity index (χ4n) is 1.38. The van der Waals surface area contributed by atoms with E-state index >= 15 is 0 Å². The maximum absolute atomic E-state index is 11.4. The van der Waals surface area contributed by atoms with Crippen molar-refractivity contribution in [3.05, 3.63) is 38.7 Å². The Bertz CT molecular complexity index is 608. The molecular weight excluding hydrogens is 277 g/mol. The van der Waals surface area contributed by atoms with Gasteiger partial charge >= 0.3 is 5.69 Å². The molecule has 2 rings (SSSR count). The number of aromatic nitrogens is 3. The molecule has 1 heterocycles. The molecule has 0 fully saturated rings. The number of benzene rings is 1. The van der Waals surface area contributed by atoms with E-state index in [2.05, 4.69) is 25.8 Å². The molecule has 8 heteroatoms. The summed E-state index contributed by atoms with van der Waals surface area (Å²) in [6.07, 6.45) is 0. The van der Waals surface area contributed by atoms with Crippen LogP contribution < -0.4 is 16.5 Å². The van der Waals surface area contributed by atoms with Crippen LogP contribution in [0.15, 0.2) is 23.0 Å². The number of hydrazine groups is 1. The van der Waals surface area contributed by atoms with Crippen molar-refractivity contribution in [2.24, 2.45) is 0 Å². The van der Waals surface area contributed by atoms with Crippen LogP contribution in [0.4, 0.5) is 5.95 Å². The number of halogens is 2. The number of nitrogens with zero attached hydrogens (tertiary/aromatic N) is 2. The van der Waals surface area contributed by atoms with Crippen molar-refractivity contribution >= 4 is 29.2 Å². The quantitative estimate of drug-likeness (QED) is 0.748. The van der Waals surface area contributed by atoms with Crippen molar-refractivity contribution in [1.29, 1.82) is 0 Å². The van der Waals surface area contributed by atoms with Crippen LogP contribution in [0.2, 0.25) is 10.0 Å². The Balaban J connectivity index is 2.52. The smallest absolute Gasteiger partial charge is 0.290 e. The molecule has 0 amide bonds. The first-order valence-corrected chi connectivity index (χ1v) is 5.71. The first-order chi connectivity index (χ1) is 8.58. The molecule has 0 atom stereocenters. The number of aromatic amines is 1. The van der Waals surface area contributed by atoms with Crippen molar-refractivity contribution in [3.63, 3.8) is 0 Å². The average Bonchev–Trinajstić information content (AvgIpc) is 2.27. The zero-order chi connectivity index (χ0) is 13.1. The predicted molar refractivity (Wildman–Crippen MR) is 70.8 cm³/mol. The number of hydrogen-bond donors (Lipinski definition) is 3. The second-order valence-electron chi connectivity index (χ2n) is 3.36. The van der Waals surface area contributed by atoms with E-state index < -0.39 is 5.69 Å². The number of H-pyrrole nitrogens is 1. The van der Waals surface area contributed by atoms with Gasteiger partial charge in [-0.1, -0.05) is 23.2 Å². The van der Waals surface area contributed by atoms with Crippen LogP contribution in [0, 0.1) is 0 Å². The highest BCUT2D eigenvalue weighted by Gasteiger charge is 2.06. The highest BCUT2D eigenvalue weighted by atomic mass is 35.5. The van der Waals surface area contributed by atoms with Crippen molar-refractivity contribution in [2.75, 3.05) is 12.5 Å². The van der Waals surface area contributed by atoms with Gasteiger partial charge in [-0.05, 0) is 18.2 Å². The topological polar surface area (TPSA) is 82.7 Å². The average molecular weight is 286 g/mol. The molecule has 0 spiro atoms. The summed E-state index contributed by atoms with van der Waals surface area (Å²) >= 11 is 11.8. The van der Waals surface area contributed by atoms with Gasteiger partial charge in [-0.25, -0.2) is 10.2 Å². The molecule has 0 saturated carbocycles. The molecule has 3 N–H and O–H groups in total. The van der Waals surface area contributed by atoms with Gasteiger partial charge in [0.25, 0.3) is 0 Å². The first-order valence-electron chi connectivity index (χ1n) is 4.96. The van der Waals surface area contributed by atoms with E-state index in [1.807, 2.05) is 0 Å². The Morgan fingerprint density at radius 2 is 1.83 bits per heavy atom. The highest BCUT2D eigenvalue weighted by Crippen LogP contribution is 2.24. The SMILES string of the molecule is CNNc1nc(-c2cc(Cl)cc(Cl)c2)[nH]c(=O)n1. The molecule has 0 aliphatic heterocycles. The lowest BCUT2D eigenvalue weighted by molar-refractivity contribution is 0.905. The van der Waals surface area contributed by atoms with Gasteiger partial charge < -0.3 is 0 Å². The maximum Gasteiger partial charge on any atom is 0.349 e. The van der Waals surface area contributed by atoms with Crippen molar-refractivity contribution < 1.29 is 0 Å². The molecule has 2 aromatic rings. The second-order valence-corrected chi connectivity index (χ2v) is 4.23. The predicted octanol–water partition coefficient (Wildman–Crippen LogP) is 1.68. The third kappa shape index (κ3) is 2.98. The summed E-state index contributed by atoms with van der Waals surface area (Å²) in [5.74, 6) is 0.490. The molecule has 0 saturated heterocycles. The molecule has 18 heavy (non-hydrogen) atoms. The van der Waals surface area contributed by atoms with Gasteiger partial charge in [-0.15, -0.1) is 0 Å². The van der Waals surface area contributed by atoms with Gasteiger partial charge in [0.15, 0.2) is 0 Å². The Hall–Kier alpha value is -1.63. The van der Waals surface area contributed by atoms with Gasteiger partial charge in [-0.3, -0.25) is 10.4 Å². The standard InChI is InChI=1S/C10H9Cl2N5O/c1-13-17-9-14-8(15-10(18)16-9)5-2-6(11)4-7(12)3-5/h2-4,13H,1H3,(H2,14,15,16,17,18). The summed E-state index contributed by atoms with van der Waals surface area (Å²) < 4.78 is 0. The van der Waals surface area contributed by atoms with Gasteiger partial charge in [0, 0.05) is 22.7 Å². The van der Waals surface area contributed by atoms with Crippen LogP contribution >= 0.6 is 23.2 Å². The summed E-state index contributed by atoms with van der Waals surface area (Å²) in [6.45, 7) is 0. The molecule has 94 valence electrons. The first kappa shape index (κ1) is 12.8. The fourth-order valence-corrected chi connectivity index (χ4v) is 1.91. The zero-order valence-corrected chi connectivity index (χ0v) is 10.8. The Labute approximate surface area is 112 Å². The third-order valence-corrected chi connectivity index (χ3v) is 2.46. The zero-order valence-electron chi connectivity index (χ0n) is 9.29. The van der Waals surface area contributed by atoms with Gasteiger partial charge in [0.1, 0.15) is 5.82 Å². The number of nitrogens with one attached hydrogen (secondary N) is 3. The van der Waals surface area contributed by atoms with Crippen molar-refractivity contribution in [2.45, 2.75) is 0 Å². The van der Waals surface area contributed by atoms with Gasteiger partial charge in [0.05, 0.1) is 0 Å². The number of hydrogen-bond acceptors (Lipinski definition) is 5. The number of rotatable bonds is 3. The third-order valence-electron chi connectivity index (χ3n) is 2.02. The van der Waals surface area contributed by atoms with Crippen LogP contribution in [-0.4, -0.2) is 22.0 Å². The minimum absolute atomic E-state index is 0.160. The maximum atomic E-state index is 11.4. The Morgan fingerprint density at radius 3 is 2.44 bits per heavy atom. The summed E-state index contributed by atoms with van der Waals surface area (Å²) in [4.78, 5) is 21.7. The molecule has 1 aromatic carbocycles. The van der Waals surface area contributed by atoms with E-state index in [-0.39, 0.29) is 5.95 Å². The lowest BCUT2D eigenvalue weighted by Gasteiger charge is -2.05. The van der Waals surface area contributed by atoms with Gasteiger partial charge in [0.2, 0.25) is 5.95 Å². The second kappa shape index (κ2) is 5.34. The van der Waals surface area contributed by atoms with Crippen LogP contribution in [0.25, 0.3) is 11.4 Å². The fraction of sp³-hybridized carbons (Fsp3) is 0.100. The lowest BCUT2D eigenvalue weighted by Crippen LogP contribution is -2.22. The summed E-state index contributed by atoms with van der Waals surface area (Å²) in [6, 6.07) is 4.89. The van der Waals surface area contributed by atoms with E-state index in [0.29, 0.717) is 21.4 Å². The minimum atomic E-state index is -0.520. The van der Waals surface area contributed by atoms with E-state index in [0.717, 1.165) is 0 Å². The van der Waals surface area contributed by atoms with E-state index in [4.69, 9.17) is 23.2 Å². The van der Waals surface area contributed by atoms with E-state index in [9.17, 15) is 4.79 Å². The van der Waals surface area contributed by atoms with Crippen LogP contribution in [0.3, 0.4) is 0 Å². The normalized spacial score (nSPS) is 10.4. The summed E-state index contributed by atoms with van der Waals surface area (Å²) in [7, 11) is 1.64. The van der Waals surface area contributed by atoms with Crippen LogP contribution in [0.5, 0.6) is 0 Å². The molecule has 0 bridgehead atoms. The monoisotopic (exact) mass is 285 g/mol. The molecule has 0 aliphatic rings. The lowest BCUT2D eigenvalue weighted by atomic mass is 10.2. The molecule has 0 aliphatic carbocycles. The highest BCUT2D eigenvalue weighted by molar-refractivity contribution is 6.35. The Kier molecular flexibility index (Phi) is 3.81. The summed E-state index contributed by atoms with van der Waals surface area (Å²) in [5, 5.41) is 0.917. The Morgan fingerprint density at radius 1 is 1.17 bits per heavy atom. The van der Waals surface area contributed by atoms with E-state index in [1.165, 1.54) is 0 Å². The van der Waals surface area contributed by atoms with Crippen molar-refractivity contribution in [1.82, 2.24) is 20.4 Å². The molecule has 6 nitrogen and oxygen atoms in total. The van der Waals surface area contributed by atoms with Crippen LogP contribution in [0.1, 0.15) is 0 Å². The van der Waals surface area contributed by atoms with Gasteiger partial charge in [-0.2, -0.15) is 9.97 Å². The molecular formula is C10H9Cl2N5O. The largest absolute Gasteiger partial charge is 0.349 e. The summed E-state index contributed by atoms with van der Waals surface area (Å²) in [5.41, 5.74) is 5.35. The molecule has 0 unspecified atom stereocenters. The van der Waals surface area contributed by atoms with Crippen LogP contribution in [-0.2, 0) is 0 Å². The minimum Gasteiger partial charge on any atom is -0.290 e. The molecule has 0 radical (unpaired) electrons. The van der Waals surface area contributed by atoms with E-state index in [1.54, 1.807) is 25.2 Å².